The summed E-state index contributed by atoms with van der Waals surface area (Å²) in [6.07, 6.45) is 3.29. The molecule has 9 nitrogen and oxygen atoms in total. The summed E-state index contributed by atoms with van der Waals surface area (Å²) in [5.41, 5.74) is 4.85. The van der Waals surface area contributed by atoms with Crippen molar-refractivity contribution in [1.29, 1.82) is 0 Å². The first-order valence-corrected chi connectivity index (χ1v) is 12.8. The van der Waals surface area contributed by atoms with Crippen LogP contribution in [-0.4, -0.2) is 69.6 Å². The fourth-order valence-electron chi connectivity index (χ4n) is 5.72. The summed E-state index contributed by atoms with van der Waals surface area (Å²) in [6, 6.07) is 11.9. The molecule has 9 heteroatoms. The van der Waals surface area contributed by atoms with Crippen molar-refractivity contribution in [2.45, 2.75) is 38.6 Å². The lowest BCUT2D eigenvalue weighted by Crippen LogP contribution is -2.41. The minimum absolute atomic E-state index is 0.117. The maximum atomic E-state index is 12.7. The number of fused-ring (bicyclic) bond motifs is 1. The Labute approximate surface area is 217 Å². The normalized spacial score (nSPS) is 20.6. The third-order valence-corrected chi connectivity index (χ3v) is 7.95. The Balaban J connectivity index is 1.47. The molecule has 2 aromatic carbocycles. The second-order valence-electron chi connectivity index (χ2n) is 10.3. The Morgan fingerprint density at radius 3 is 2.38 bits per heavy atom. The number of carbonyl (C=O) groups is 2. The van der Waals surface area contributed by atoms with Crippen LogP contribution in [0.5, 0.6) is 11.5 Å². The van der Waals surface area contributed by atoms with Gasteiger partial charge in [0.15, 0.2) is 11.5 Å². The molecule has 3 amide bonds. The molecular formula is C28H35N5O4. The van der Waals surface area contributed by atoms with E-state index < -0.39 is 0 Å². The van der Waals surface area contributed by atoms with Crippen LogP contribution in [0.15, 0.2) is 41.5 Å². The molecule has 1 unspecified atom stereocenters. The summed E-state index contributed by atoms with van der Waals surface area (Å²) in [6.45, 7) is 4.64. The van der Waals surface area contributed by atoms with Gasteiger partial charge in [0.2, 0.25) is 5.91 Å². The summed E-state index contributed by atoms with van der Waals surface area (Å²) >= 11 is 0. The molecule has 0 aliphatic carbocycles. The number of amides is 3. The van der Waals surface area contributed by atoms with Gasteiger partial charge in [-0.05, 0) is 61.4 Å². The number of rotatable bonds is 4. The van der Waals surface area contributed by atoms with Gasteiger partial charge >= 0.3 is 6.03 Å². The van der Waals surface area contributed by atoms with Gasteiger partial charge in [0, 0.05) is 49.9 Å². The predicted octanol–water partition coefficient (Wildman–Crippen LogP) is 3.15. The van der Waals surface area contributed by atoms with E-state index in [1.54, 1.807) is 21.3 Å². The Kier molecular flexibility index (Phi) is 6.70. The molecule has 2 N–H and O–H groups in total. The highest BCUT2D eigenvalue weighted by Crippen LogP contribution is 2.39. The number of benzene rings is 2. The van der Waals surface area contributed by atoms with Gasteiger partial charge in [-0.2, -0.15) is 5.10 Å². The smallest absolute Gasteiger partial charge is 0.337 e. The molecule has 5 rings (SSSR count). The average molecular weight is 506 g/mol. The fourth-order valence-corrected chi connectivity index (χ4v) is 5.72. The van der Waals surface area contributed by atoms with Crippen LogP contribution in [0.1, 0.15) is 42.9 Å². The van der Waals surface area contributed by atoms with E-state index in [-0.39, 0.29) is 23.4 Å². The van der Waals surface area contributed by atoms with Crippen LogP contribution in [0.2, 0.25) is 0 Å². The summed E-state index contributed by atoms with van der Waals surface area (Å²) in [5, 5.41) is 12.1. The van der Waals surface area contributed by atoms with Crippen LogP contribution >= 0.6 is 0 Å². The first-order valence-electron chi connectivity index (χ1n) is 12.8. The zero-order valence-electron chi connectivity index (χ0n) is 22.0. The lowest BCUT2D eigenvalue weighted by molar-refractivity contribution is -0.119. The van der Waals surface area contributed by atoms with Crippen LogP contribution < -0.4 is 25.0 Å². The quantitative estimate of drug-likeness (QED) is 0.666. The van der Waals surface area contributed by atoms with E-state index in [4.69, 9.17) is 14.6 Å². The van der Waals surface area contributed by atoms with Gasteiger partial charge in [-0.1, -0.05) is 12.1 Å². The molecule has 2 aromatic rings. The van der Waals surface area contributed by atoms with Crippen LogP contribution in [0.3, 0.4) is 0 Å². The van der Waals surface area contributed by atoms with Gasteiger partial charge in [0.25, 0.3) is 0 Å². The summed E-state index contributed by atoms with van der Waals surface area (Å²) in [7, 11) is 4.86. The Morgan fingerprint density at radius 2 is 1.78 bits per heavy atom. The first kappa shape index (κ1) is 24.9. The molecule has 196 valence electrons. The maximum Gasteiger partial charge on any atom is 0.337 e. The molecule has 0 saturated carbocycles. The minimum Gasteiger partial charge on any atom is -0.493 e. The van der Waals surface area contributed by atoms with Gasteiger partial charge in [0.1, 0.15) is 0 Å². The maximum absolute atomic E-state index is 12.7. The zero-order valence-corrected chi connectivity index (χ0v) is 22.0. The van der Waals surface area contributed by atoms with Crippen molar-refractivity contribution in [3.63, 3.8) is 0 Å². The van der Waals surface area contributed by atoms with Crippen molar-refractivity contribution in [2.75, 3.05) is 45.8 Å². The first-order chi connectivity index (χ1) is 17.9. The minimum atomic E-state index is -0.254. The van der Waals surface area contributed by atoms with Gasteiger partial charge in [0.05, 0.1) is 26.0 Å². The van der Waals surface area contributed by atoms with Crippen LogP contribution in [0.25, 0.3) is 0 Å². The Hall–Kier alpha value is -3.75. The van der Waals surface area contributed by atoms with Crippen molar-refractivity contribution in [2.24, 2.45) is 10.5 Å². The van der Waals surface area contributed by atoms with E-state index >= 15 is 0 Å². The van der Waals surface area contributed by atoms with E-state index in [2.05, 4.69) is 39.8 Å². The number of nitrogens with zero attached hydrogens (tertiary/aromatic N) is 3. The van der Waals surface area contributed by atoms with Crippen LogP contribution in [-0.2, 0) is 11.2 Å². The molecule has 2 fully saturated rings. The van der Waals surface area contributed by atoms with Gasteiger partial charge in [-0.25, -0.2) is 9.80 Å². The van der Waals surface area contributed by atoms with Crippen molar-refractivity contribution >= 4 is 23.3 Å². The van der Waals surface area contributed by atoms with Crippen LogP contribution in [0.4, 0.5) is 10.5 Å². The molecule has 3 aliphatic heterocycles. The number of anilines is 1. The monoisotopic (exact) mass is 505 g/mol. The van der Waals surface area contributed by atoms with E-state index in [0.29, 0.717) is 30.1 Å². The largest absolute Gasteiger partial charge is 0.493 e. The molecule has 3 heterocycles. The van der Waals surface area contributed by atoms with Crippen molar-refractivity contribution in [1.82, 2.24) is 15.6 Å². The molecule has 1 atom stereocenters. The van der Waals surface area contributed by atoms with E-state index in [1.165, 1.54) is 5.01 Å². The molecular weight excluding hydrogens is 470 g/mol. The van der Waals surface area contributed by atoms with E-state index in [9.17, 15) is 9.59 Å². The predicted molar refractivity (Wildman–Crippen MR) is 143 cm³/mol. The highest BCUT2D eigenvalue weighted by Gasteiger charge is 2.41. The number of hydrogen-bond donors (Lipinski definition) is 2. The number of hydrogen-bond acceptors (Lipinski definition) is 6. The Bertz CT molecular complexity index is 1220. The molecule has 0 aromatic heterocycles. The second kappa shape index (κ2) is 9.95. The lowest BCUT2D eigenvalue weighted by atomic mass is 9.77. The summed E-state index contributed by atoms with van der Waals surface area (Å²) < 4.78 is 11.1. The van der Waals surface area contributed by atoms with Crippen molar-refractivity contribution < 1.29 is 19.1 Å². The molecule has 0 radical (unpaired) electrons. The number of urea groups is 1. The molecule has 2 saturated heterocycles. The third-order valence-electron chi connectivity index (χ3n) is 7.95. The van der Waals surface area contributed by atoms with Gasteiger partial charge in [-0.15, -0.1) is 0 Å². The third kappa shape index (κ3) is 4.70. The van der Waals surface area contributed by atoms with E-state index in [1.807, 2.05) is 19.1 Å². The number of piperidine rings is 1. The standard InChI is InChI=1S/C28H35N5O4/c1-18-13-20-14-23(36-3)24(37-4)15-22(20)26(31-33(18)27(35)29-2)19-5-7-21(8-6-19)32-11-9-28(10-12-32)16-25(34)30-17-28/h5-8,14-15,18H,9-13,16-17H2,1-4H3,(H,29,35)(H,30,34). The number of carbonyl (C=O) groups excluding carboxylic acids is 2. The fraction of sp³-hybridized carbons (Fsp3) is 0.464. The number of methoxy groups -OCH3 is 2. The second-order valence-corrected chi connectivity index (χ2v) is 10.3. The Morgan fingerprint density at radius 1 is 1.11 bits per heavy atom. The zero-order chi connectivity index (χ0) is 26.2. The SMILES string of the molecule is CNC(=O)N1N=C(c2ccc(N3CCC4(CC3)CNC(=O)C4)cc2)c2cc(OC)c(OC)cc2CC1C. The topological polar surface area (TPSA) is 95.5 Å². The molecule has 3 aliphatic rings. The van der Waals surface area contributed by atoms with Crippen molar-refractivity contribution in [3.05, 3.63) is 53.1 Å². The lowest BCUT2D eigenvalue weighted by Gasteiger charge is -2.39. The van der Waals surface area contributed by atoms with Crippen molar-refractivity contribution in [3.8, 4) is 11.5 Å². The van der Waals surface area contributed by atoms with Gasteiger partial charge < -0.3 is 25.0 Å². The number of nitrogens with one attached hydrogen (secondary N) is 2. The van der Waals surface area contributed by atoms with E-state index in [0.717, 1.165) is 54.9 Å². The van der Waals surface area contributed by atoms with Crippen LogP contribution in [0, 0.1) is 5.41 Å². The van der Waals surface area contributed by atoms with Gasteiger partial charge in [-0.3, -0.25) is 4.79 Å². The number of ether oxygens (including phenoxy) is 2. The summed E-state index contributed by atoms with van der Waals surface area (Å²) in [5.74, 6) is 1.45. The number of hydrazone groups is 1. The molecule has 37 heavy (non-hydrogen) atoms. The summed E-state index contributed by atoms with van der Waals surface area (Å²) in [4.78, 5) is 26.9. The molecule has 1 spiro atoms. The average Bonchev–Trinajstić information content (AvgIpc) is 3.21. The highest BCUT2D eigenvalue weighted by molar-refractivity contribution is 6.14. The highest BCUT2D eigenvalue weighted by atomic mass is 16.5. The molecule has 0 bridgehead atoms.